The molecule has 5 rings (SSSR count). The van der Waals surface area contributed by atoms with Crippen molar-refractivity contribution in [3.63, 3.8) is 0 Å². The number of anilines is 1. The van der Waals surface area contributed by atoms with Crippen LogP contribution in [0.15, 0.2) is 44.9 Å². The van der Waals surface area contributed by atoms with E-state index in [1.807, 2.05) is 6.92 Å². The van der Waals surface area contributed by atoms with Crippen molar-refractivity contribution in [3.05, 3.63) is 62.2 Å². The molecule has 3 aromatic rings. The molecule has 18 heteroatoms. The second-order valence-corrected chi connectivity index (χ2v) is 11.4. The zero-order valence-electron chi connectivity index (χ0n) is 23.8. The number of nitrogens with two attached hydrogens (primary N) is 1. The van der Waals surface area contributed by atoms with E-state index in [0.29, 0.717) is 28.7 Å². The van der Waals surface area contributed by atoms with Gasteiger partial charge in [-0.3, -0.25) is 19.3 Å². The molecule has 1 saturated heterocycles. The number of carbonyl (C=O) groups excluding carboxylic acids is 4. The number of ether oxygens (including phenoxy) is 1. The van der Waals surface area contributed by atoms with E-state index in [4.69, 9.17) is 15.3 Å². The van der Waals surface area contributed by atoms with Crippen LogP contribution in [0.4, 0.5) is 5.13 Å². The molecule has 2 atom stereocenters. The molecule has 3 aromatic heterocycles. The molecule has 5 heterocycles. The van der Waals surface area contributed by atoms with E-state index in [0.717, 1.165) is 11.1 Å². The predicted molar refractivity (Wildman–Crippen MR) is 154 cm³/mol. The number of pyridine rings is 2. The number of fused-ring (bicyclic) bond motifs is 2. The van der Waals surface area contributed by atoms with Gasteiger partial charge in [-0.2, -0.15) is 0 Å². The minimum atomic E-state index is -1.65. The minimum absolute atomic E-state index is 0. The largest absolute Gasteiger partial charge is 1.00 e. The maximum atomic E-state index is 13.0. The number of amides is 2. The number of nitrogens with zero attached hydrogens (tertiary/aromatic N) is 5. The Morgan fingerprint density at radius 3 is 2.70 bits per heavy atom. The number of hydrogen-bond acceptors (Lipinski definition) is 14. The van der Waals surface area contributed by atoms with Gasteiger partial charge in [-0.25, -0.2) is 14.8 Å². The summed E-state index contributed by atoms with van der Waals surface area (Å²) in [5, 5.41) is 19.6. The topological polar surface area (TPSA) is 211 Å². The zero-order chi connectivity index (χ0) is 30.8. The molecule has 1 fully saturated rings. The Bertz CT molecular complexity index is 1770. The number of carboxylic acid groups (broad SMARTS) is 1. The summed E-state index contributed by atoms with van der Waals surface area (Å²) in [4.78, 5) is 77.4. The fourth-order valence-electron chi connectivity index (χ4n) is 4.53. The van der Waals surface area contributed by atoms with Crippen LogP contribution in [0.3, 0.4) is 0 Å². The van der Waals surface area contributed by atoms with E-state index in [1.165, 1.54) is 29.3 Å². The molecule has 2 aliphatic heterocycles. The van der Waals surface area contributed by atoms with Gasteiger partial charge >= 0.3 is 35.5 Å². The second-order valence-electron chi connectivity index (χ2n) is 9.38. The van der Waals surface area contributed by atoms with Gasteiger partial charge in [0, 0.05) is 35.1 Å². The molecule has 0 aliphatic carbocycles. The van der Waals surface area contributed by atoms with Crippen LogP contribution < -0.4 is 51.1 Å². The fourth-order valence-corrected chi connectivity index (χ4v) is 6.40. The first-order chi connectivity index (χ1) is 20.6. The summed E-state index contributed by atoms with van der Waals surface area (Å²) >= 11 is 2.39. The van der Waals surface area contributed by atoms with E-state index in [1.54, 1.807) is 29.0 Å². The molecule has 224 valence electrons. The Morgan fingerprint density at radius 2 is 2.02 bits per heavy atom. The third-order valence-electron chi connectivity index (χ3n) is 6.56. The number of aromatic nitrogens is 3. The average Bonchev–Trinajstić information content (AvgIpc) is 3.41. The number of thioether (sulfide) groups is 1. The number of hydrogen-bond donors (Lipinski definition) is 2. The smallest absolute Gasteiger partial charge is 0.543 e. The van der Waals surface area contributed by atoms with Crippen molar-refractivity contribution in [2.45, 2.75) is 38.4 Å². The van der Waals surface area contributed by atoms with Gasteiger partial charge in [0.1, 0.15) is 35.4 Å². The van der Waals surface area contributed by atoms with Crippen LogP contribution in [0.25, 0.3) is 11.0 Å². The van der Waals surface area contributed by atoms with Crippen LogP contribution in [0, 0.1) is 6.92 Å². The molecule has 0 unspecified atom stereocenters. The first-order valence-electron chi connectivity index (χ1n) is 12.8. The Kier molecular flexibility index (Phi) is 10.5. The molecule has 0 spiro atoms. The number of nitrogens with one attached hydrogen (secondary N) is 1. The molecule has 2 aliphatic rings. The molecule has 44 heavy (non-hydrogen) atoms. The normalized spacial score (nSPS) is 17.6. The number of aryl methyl sites for hydroxylation is 2. The van der Waals surface area contributed by atoms with Crippen LogP contribution in [0.1, 0.15) is 28.7 Å². The van der Waals surface area contributed by atoms with Crippen LogP contribution in [0.5, 0.6) is 0 Å². The number of aliphatic carboxylic acids is 1. The van der Waals surface area contributed by atoms with Gasteiger partial charge in [0.15, 0.2) is 11.7 Å². The van der Waals surface area contributed by atoms with Gasteiger partial charge in [0.25, 0.3) is 11.8 Å². The van der Waals surface area contributed by atoms with E-state index in [9.17, 15) is 29.1 Å². The minimum Gasteiger partial charge on any atom is -0.543 e. The Morgan fingerprint density at radius 1 is 1.25 bits per heavy atom. The average molecular weight is 650 g/mol. The Hall–Kier alpha value is -3.77. The van der Waals surface area contributed by atoms with Crippen molar-refractivity contribution in [1.82, 2.24) is 24.8 Å². The van der Waals surface area contributed by atoms with Crippen molar-refractivity contribution in [3.8, 4) is 0 Å². The standard InChI is InChI=1S/C26H25N7O8S2.Na/c1-3-32-7-16(20(35)15-5-4-12(2)29-21(15)32)25(39)40-8-13-10-42-23-18(22(36)33(23)19(13)24(37)38)31-17(34)6-28-41-9-14-11-43-26(27)30-14;/h4-7,11,18,23H,3,8-10H2,1-2H3,(H2,27,30)(H,31,34)(H,37,38);/q;+1/p-1/t18-,23-;/m1./s1. The van der Waals surface area contributed by atoms with Crippen molar-refractivity contribution in [1.29, 1.82) is 0 Å². The van der Waals surface area contributed by atoms with E-state index < -0.39 is 52.9 Å². The molecule has 15 nitrogen and oxygen atoms in total. The molecule has 2 amide bonds. The summed E-state index contributed by atoms with van der Waals surface area (Å²) in [5.74, 6) is -3.96. The number of oxime groups is 1. The van der Waals surface area contributed by atoms with Gasteiger partial charge in [-0.05, 0) is 26.0 Å². The van der Waals surface area contributed by atoms with Crippen LogP contribution in [0.2, 0.25) is 0 Å². The van der Waals surface area contributed by atoms with Crippen molar-refractivity contribution < 1.29 is 63.4 Å². The molecule has 0 radical (unpaired) electrons. The second kappa shape index (κ2) is 13.9. The first-order valence-corrected chi connectivity index (χ1v) is 14.7. The number of thiazole rings is 1. The molecular weight excluding hydrogens is 625 g/mol. The number of nitrogen functional groups attached to an aromatic ring is 1. The van der Waals surface area contributed by atoms with Crippen LogP contribution in [-0.2, 0) is 37.1 Å². The fraction of sp³-hybridized carbons (Fsp3) is 0.308. The summed E-state index contributed by atoms with van der Waals surface area (Å²) in [7, 11) is 0. The number of rotatable bonds is 10. The summed E-state index contributed by atoms with van der Waals surface area (Å²) < 4.78 is 6.99. The molecule has 0 bridgehead atoms. The van der Waals surface area contributed by atoms with Gasteiger partial charge in [0.05, 0.1) is 22.7 Å². The van der Waals surface area contributed by atoms with Gasteiger partial charge in [0.2, 0.25) is 5.43 Å². The number of carboxylic acids is 1. The summed E-state index contributed by atoms with van der Waals surface area (Å²) in [6, 6.07) is 2.22. The van der Waals surface area contributed by atoms with Gasteiger partial charge in [-0.15, -0.1) is 23.1 Å². The molecule has 3 N–H and O–H groups in total. The Labute approximate surface area is 279 Å². The third-order valence-corrected chi connectivity index (χ3v) is 8.63. The number of esters is 1. The number of carbonyl (C=O) groups is 4. The quantitative estimate of drug-likeness (QED) is 0.0721. The Balaban J connectivity index is 0.00000442. The van der Waals surface area contributed by atoms with Crippen molar-refractivity contribution in [2.24, 2.45) is 5.16 Å². The molecular formula is C26H24N7NaO8S2. The third kappa shape index (κ3) is 6.66. The van der Waals surface area contributed by atoms with Crippen molar-refractivity contribution >= 4 is 69.2 Å². The van der Waals surface area contributed by atoms with Crippen molar-refractivity contribution in [2.75, 3.05) is 18.1 Å². The van der Waals surface area contributed by atoms with Gasteiger partial charge < -0.3 is 35.1 Å². The van der Waals surface area contributed by atoms with Crippen LogP contribution in [-0.4, -0.2) is 73.2 Å². The zero-order valence-corrected chi connectivity index (χ0v) is 27.4. The molecule has 0 saturated carbocycles. The molecule has 0 aromatic carbocycles. The van der Waals surface area contributed by atoms with E-state index >= 15 is 0 Å². The maximum absolute atomic E-state index is 13.0. The SMILES string of the molecule is CCn1cc(C(=O)OCC2=C(C(=O)[O-])N3C(=O)[C@@H](NC(=O)C=NOCc4csc(N)n4)[C@H]3SC2)c(=O)c2ccc(C)nc21.[Na+]. The van der Waals surface area contributed by atoms with E-state index in [2.05, 4.69) is 20.4 Å². The summed E-state index contributed by atoms with van der Waals surface area (Å²) in [6.45, 7) is 3.55. The monoisotopic (exact) mass is 649 g/mol. The number of β-lactam (4-membered cyclic amide) rings is 1. The summed E-state index contributed by atoms with van der Waals surface area (Å²) in [6.07, 6.45) is 2.20. The van der Waals surface area contributed by atoms with Gasteiger partial charge in [-0.1, -0.05) is 5.16 Å². The predicted octanol–water partition coefficient (Wildman–Crippen LogP) is -3.47. The van der Waals surface area contributed by atoms with E-state index in [-0.39, 0.29) is 58.4 Å². The maximum Gasteiger partial charge on any atom is 1.00 e. The first kappa shape index (κ1) is 33.1. The van der Waals surface area contributed by atoms with Crippen LogP contribution >= 0.6 is 23.1 Å². The summed E-state index contributed by atoms with van der Waals surface area (Å²) in [5.41, 5.74) is 6.06.